The molecule has 0 saturated heterocycles. The molecule has 0 aliphatic heterocycles. The molecule has 20 heavy (non-hydrogen) atoms. The first kappa shape index (κ1) is 17.2. The molecular weight excluding hydrogens is 342 g/mol. The van der Waals surface area contributed by atoms with Crippen LogP contribution in [0.25, 0.3) is 0 Å². The number of nitrogens with one attached hydrogen (secondary N) is 1. The molecule has 1 aromatic carbocycles. The zero-order valence-electron chi connectivity index (χ0n) is 11.9. The molecule has 1 aromatic rings. The monoisotopic (exact) mass is 361 g/mol. The Morgan fingerprint density at radius 2 is 2.00 bits per heavy atom. The predicted molar refractivity (Wildman–Crippen MR) is 84.1 cm³/mol. The van der Waals surface area contributed by atoms with Gasteiger partial charge < -0.3 is 5.32 Å². The molecule has 0 aliphatic rings. The van der Waals surface area contributed by atoms with Crippen LogP contribution < -0.4 is 5.32 Å². The van der Waals surface area contributed by atoms with E-state index in [9.17, 15) is 13.2 Å². The summed E-state index contributed by atoms with van der Waals surface area (Å²) in [4.78, 5) is 12.2. The van der Waals surface area contributed by atoms with Gasteiger partial charge in [-0.15, -0.1) is 0 Å². The summed E-state index contributed by atoms with van der Waals surface area (Å²) >= 11 is 3.39. The molecule has 1 amide bonds. The molecule has 0 spiro atoms. The Morgan fingerprint density at radius 1 is 1.35 bits per heavy atom. The van der Waals surface area contributed by atoms with Gasteiger partial charge in [0, 0.05) is 23.7 Å². The summed E-state index contributed by atoms with van der Waals surface area (Å²) in [6.45, 7) is 4.68. The molecule has 4 nitrogen and oxygen atoms in total. The van der Waals surface area contributed by atoms with E-state index in [1.165, 1.54) is 12.1 Å². The van der Waals surface area contributed by atoms with E-state index in [1.54, 1.807) is 12.1 Å². The molecule has 0 aliphatic carbocycles. The highest BCUT2D eigenvalue weighted by Crippen LogP contribution is 2.20. The van der Waals surface area contributed by atoms with Gasteiger partial charge in [0.2, 0.25) is 0 Å². The maximum absolute atomic E-state index is 12.1. The normalized spacial score (nSPS) is 12.2. The molecule has 0 unspecified atom stereocenters. The number of hydrogen-bond donors (Lipinski definition) is 1. The maximum Gasteiger partial charge on any atom is 0.251 e. The number of benzene rings is 1. The van der Waals surface area contributed by atoms with Crippen LogP contribution in [0.1, 0.15) is 30.6 Å². The summed E-state index contributed by atoms with van der Waals surface area (Å²) in [6, 6.07) is 6.08. The summed E-state index contributed by atoms with van der Waals surface area (Å²) in [5.74, 6) is -0.252. The molecule has 0 heterocycles. The van der Waals surface area contributed by atoms with Crippen molar-refractivity contribution in [3.8, 4) is 0 Å². The third-order valence-corrected chi connectivity index (χ3v) is 4.53. The molecule has 0 radical (unpaired) electrons. The summed E-state index contributed by atoms with van der Waals surface area (Å²) < 4.78 is 22.9. The zero-order valence-corrected chi connectivity index (χ0v) is 14.3. The second-order valence-electron chi connectivity index (χ2n) is 5.59. The average Bonchev–Trinajstić information content (AvgIpc) is 2.35. The fourth-order valence-electron chi connectivity index (χ4n) is 1.63. The highest BCUT2D eigenvalue weighted by molar-refractivity contribution is 9.09. The number of rotatable bonds is 6. The lowest BCUT2D eigenvalue weighted by Crippen LogP contribution is -2.34. The van der Waals surface area contributed by atoms with Crippen LogP contribution in [-0.4, -0.2) is 32.5 Å². The largest absolute Gasteiger partial charge is 0.352 e. The van der Waals surface area contributed by atoms with Crippen LogP contribution in [0, 0.1) is 5.41 Å². The van der Waals surface area contributed by atoms with Crippen LogP contribution in [0.3, 0.4) is 0 Å². The third-order valence-electron chi connectivity index (χ3n) is 3.02. The molecule has 0 bridgehead atoms. The lowest BCUT2D eigenvalue weighted by Gasteiger charge is -2.23. The predicted octanol–water partition coefficient (Wildman–Crippen LogP) is 2.63. The Kier molecular flexibility index (Phi) is 5.77. The van der Waals surface area contributed by atoms with Crippen LogP contribution in [0.4, 0.5) is 0 Å². The van der Waals surface area contributed by atoms with Crippen LogP contribution in [0.2, 0.25) is 0 Å². The number of amides is 1. The smallest absolute Gasteiger partial charge is 0.251 e. The van der Waals surface area contributed by atoms with Gasteiger partial charge >= 0.3 is 0 Å². The fraction of sp³-hybridized carbons (Fsp3) is 0.500. The first-order chi connectivity index (χ1) is 9.15. The van der Waals surface area contributed by atoms with E-state index >= 15 is 0 Å². The van der Waals surface area contributed by atoms with E-state index in [4.69, 9.17) is 0 Å². The molecule has 1 N–H and O–H groups in total. The number of carbonyl (C=O) groups excluding carboxylic acids is 1. The summed E-state index contributed by atoms with van der Waals surface area (Å²) in [7, 11) is -3.30. The number of alkyl halides is 1. The van der Waals surface area contributed by atoms with Crippen molar-refractivity contribution in [3.05, 3.63) is 29.8 Å². The van der Waals surface area contributed by atoms with Gasteiger partial charge in [0.25, 0.3) is 5.91 Å². The van der Waals surface area contributed by atoms with Crippen molar-refractivity contribution in [2.24, 2.45) is 5.41 Å². The van der Waals surface area contributed by atoms with Gasteiger partial charge in [-0.25, -0.2) is 8.42 Å². The summed E-state index contributed by atoms with van der Waals surface area (Å²) in [5, 5.41) is 3.72. The van der Waals surface area contributed by atoms with Crippen LogP contribution in [-0.2, 0) is 9.84 Å². The van der Waals surface area contributed by atoms with Crippen molar-refractivity contribution < 1.29 is 13.2 Å². The minimum absolute atomic E-state index is 0.00635. The molecule has 0 fully saturated rings. The van der Waals surface area contributed by atoms with Crippen molar-refractivity contribution in [3.63, 3.8) is 0 Å². The average molecular weight is 362 g/mol. The van der Waals surface area contributed by atoms with Crippen molar-refractivity contribution in [2.45, 2.75) is 25.2 Å². The van der Waals surface area contributed by atoms with E-state index in [1.807, 2.05) is 0 Å². The van der Waals surface area contributed by atoms with Crippen molar-refractivity contribution in [1.29, 1.82) is 0 Å². The van der Waals surface area contributed by atoms with Gasteiger partial charge in [0.1, 0.15) is 0 Å². The second kappa shape index (κ2) is 6.72. The molecule has 112 valence electrons. The van der Waals surface area contributed by atoms with Gasteiger partial charge in [-0.05, 0) is 30.0 Å². The molecule has 0 aromatic heterocycles. The second-order valence-corrected chi connectivity index (χ2v) is 8.39. The molecule has 0 saturated carbocycles. The first-order valence-corrected chi connectivity index (χ1v) is 9.31. The standard InChI is InChI=1S/C14H20BrNO3S/c1-14(2,7-8-15)10-16-13(17)11-5-4-6-12(9-11)20(3,18)19/h4-6,9H,7-8,10H2,1-3H3,(H,16,17). The highest BCUT2D eigenvalue weighted by atomic mass is 79.9. The van der Waals surface area contributed by atoms with Gasteiger partial charge in [-0.1, -0.05) is 35.8 Å². The number of hydrogen-bond acceptors (Lipinski definition) is 3. The Bertz CT molecular complexity index is 582. The molecular formula is C14H20BrNO3S. The SMILES string of the molecule is CC(C)(CCBr)CNC(=O)c1cccc(S(C)(=O)=O)c1. The van der Waals surface area contributed by atoms with E-state index < -0.39 is 9.84 Å². The number of halogens is 1. The lowest BCUT2D eigenvalue weighted by atomic mass is 9.90. The van der Waals surface area contributed by atoms with E-state index in [-0.39, 0.29) is 16.2 Å². The Labute approximate surface area is 129 Å². The molecule has 6 heteroatoms. The Hall–Kier alpha value is -0.880. The third kappa shape index (κ3) is 5.25. The zero-order chi connectivity index (χ0) is 15.4. The summed E-state index contributed by atoms with van der Waals surface area (Å²) in [6.07, 6.45) is 2.07. The fourth-order valence-corrected chi connectivity index (χ4v) is 3.37. The Balaban J connectivity index is 2.79. The Morgan fingerprint density at radius 3 is 2.55 bits per heavy atom. The van der Waals surface area contributed by atoms with E-state index in [2.05, 4.69) is 35.1 Å². The van der Waals surface area contributed by atoms with Gasteiger partial charge in [0.05, 0.1) is 4.90 Å². The topological polar surface area (TPSA) is 63.2 Å². The van der Waals surface area contributed by atoms with Crippen LogP contribution in [0.15, 0.2) is 29.2 Å². The molecule has 0 atom stereocenters. The molecule has 1 rings (SSSR count). The van der Waals surface area contributed by atoms with Gasteiger partial charge in [-0.2, -0.15) is 0 Å². The van der Waals surface area contributed by atoms with Crippen molar-refractivity contribution in [1.82, 2.24) is 5.32 Å². The maximum atomic E-state index is 12.1. The minimum Gasteiger partial charge on any atom is -0.352 e. The summed E-state index contributed by atoms with van der Waals surface area (Å²) in [5.41, 5.74) is 0.357. The van der Waals surface area contributed by atoms with Gasteiger partial charge in [-0.3, -0.25) is 4.79 Å². The van der Waals surface area contributed by atoms with Crippen LogP contribution in [0.5, 0.6) is 0 Å². The van der Waals surface area contributed by atoms with Crippen LogP contribution >= 0.6 is 15.9 Å². The number of sulfone groups is 1. The quantitative estimate of drug-likeness (QED) is 0.792. The number of carbonyl (C=O) groups is 1. The van der Waals surface area contributed by atoms with Gasteiger partial charge in [0.15, 0.2) is 9.84 Å². The van der Waals surface area contributed by atoms with Crippen molar-refractivity contribution in [2.75, 3.05) is 18.1 Å². The van der Waals surface area contributed by atoms with Crippen molar-refractivity contribution >= 4 is 31.7 Å². The van der Waals surface area contributed by atoms with E-state index in [0.717, 1.165) is 18.0 Å². The lowest BCUT2D eigenvalue weighted by molar-refractivity contribution is 0.0935. The highest BCUT2D eigenvalue weighted by Gasteiger charge is 2.19. The minimum atomic E-state index is -3.30. The first-order valence-electron chi connectivity index (χ1n) is 6.30. The van der Waals surface area contributed by atoms with E-state index in [0.29, 0.717) is 12.1 Å².